The minimum atomic E-state index is -0.104. The molecule has 0 saturated carbocycles. The first-order chi connectivity index (χ1) is 9.45. The van der Waals surface area contributed by atoms with Crippen molar-refractivity contribution in [1.29, 1.82) is 0 Å². The van der Waals surface area contributed by atoms with Crippen LogP contribution in [0.15, 0.2) is 34.2 Å². The molecule has 0 atom stereocenters. The zero-order valence-corrected chi connectivity index (χ0v) is 12.5. The number of anilines is 2. The first kappa shape index (κ1) is 14.6. The molecule has 0 spiro atoms. The van der Waals surface area contributed by atoms with Crippen molar-refractivity contribution < 1.29 is 4.79 Å². The Bertz CT molecular complexity index is 646. The van der Waals surface area contributed by atoms with Crippen molar-refractivity contribution in [2.75, 3.05) is 11.1 Å². The molecule has 0 bridgehead atoms. The molecule has 5 nitrogen and oxygen atoms in total. The highest BCUT2D eigenvalue weighted by atomic mass is 35.5. The second-order valence-electron chi connectivity index (χ2n) is 4.10. The lowest BCUT2D eigenvalue weighted by molar-refractivity contribution is -0.114. The van der Waals surface area contributed by atoms with Crippen molar-refractivity contribution >= 4 is 40.6 Å². The largest absolute Gasteiger partial charge is 0.395 e. The molecular formula is C13H13ClN4OS. The van der Waals surface area contributed by atoms with Gasteiger partial charge in [0.1, 0.15) is 5.03 Å². The average molecular weight is 309 g/mol. The predicted molar refractivity (Wildman–Crippen MR) is 81.1 cm³/mol. The van der Waals surface area contributed by atoms with Crippen molar-refractivity contribution in [2.45, 2.75) is 23.8 Å². The van der Waals surface area contributed by atoms with E-state index in [1.54, 1.807) is 6.92 Å². The van der Waals surface area contributed by atoms with Gasteiger partial charge in [-0.25, -0.2) is 9.97 Å². The normalized spacial score (nSPS) is 10.3. The summed E-state index contributed by atoms with van der Waals surface area (Å²) in [7, 11) is 0. The molecule has 1 aromatic heterocycles. The van der Waals surface area contributed by atoms with E-state index in [4.69, 9.17) is 17.3 Å². The number of carbonyl (C=O) groups is 1. The van der Waals surface area contributed by atoms with E-state index in [0.29, 0.717) is 16.4 Å². The first-order valence-electron chi connectivity index (χ1n) is 5.81. The third kappa shape index (κ3) is 3.61. The number of benzene rings is 1. The van der Waals surface area contributed by atoms with Crippen molar-refractivity contribution in [3.05, 3.63) is 35.2 Å². The summed E-state index contributed by atoms with van der Waals surface area (Å²) < 4.78 is 0. The molecule has 0 aliphatic rings. The number of nitrogens with zero attached hydrogens (tertiary/aromatic N) is 2. The third-order valence-electron chi connectivity index (χ3n) is 2.46. The van der Waals surface area contributed by atoms with Crippen LogP contribution >= 0.6 is 23.4 Å². The lowest BCUT2D eigenvalue weighted by Gasteiger charge is -2.08. The summed E-state index contributed by atoms with van der Waals surface area (Å²) in [6.45, 7) is 3.25. The van der Waals surface area contributed by atoms with Crippen LogP contribution in [0.3, 0.4) is 0 Å². The molecule has 1 heterocycles. The van der Waals surface area contributed by atoms with Gasteiger partial charge in [0.05, 0.1) is 11.4 Å². The van der Waals surface area contributed by atoms with Gasteiger partial charge in [-0.3, -0.25) is 4.79 Å². The van der Waals surface area contributed by atoms with E-state index >= 15 is 0 Å². The highest BCUT2D eigenvalue weighted by Crippen LogP contribution is 2.32. The van der Waals surface area contributed by atoms with Crippen molar-refractivity contribution in [2.24, 2.45) is 0 Å². The maximum absolute atomic E-state index is 10.9. The van der Waals surface area contributed by atoms with Crippen molar-refractivity contribution in [1.82, 2.24) is 9.97 Å². The number of aromatic nitrogens is 2. The van der Waals surface area contributed by atoms with Gasteiger partial charge < -0.3 is 11.1 Å². The zero-order valence-electron chi connectivity index (χ0n) is 11.0. The van der Waals surface area contributed by atoms with E-state index in [-0.39, 0.29) is 11.2 Å². The standard InChI is InChI=1S/C13H13ClN4OS/c1-7-11(15)12(18-13(14)16-7)20-10-5-3-9(4-6-10)17-8(2)19/h3-6H,15H2,1-2H3,(H,17,19). The Morgan fingerprint density at radius 2 is 1.95 bits per heavy atom. The third-order valence-corrected chi connectivity index (χ3v) is 3.64. The van der Waals surface area contributed by atoms with Gasteiger partial charge in [0.2, 0.25) is 11.2 Å². The lowest BCUT2D eigenvalue weighted by atomic mass is 10.3. The van der Waals surface area contributed by atoms with E-state index in [2.05, 4.69) is 15.3 Å². The molecule has 0 fully saturated rings. The molecule has 1 amide bonds. The lowest BCUT2D eigenvalue weighted by Crippen LogP contribution is -2.05. The predicted octanol–water partition coefficient (Wildman–Crippen LogP) is 3.13. The maximum Gasteiger partial charge on any atom is 0.223 e. The molecule has 7 heteroatoms. The topological polar surface area (TPSA) is 80.9 Å². The van der Waals surface area contributed by atoms with Gasteiger partial charge >= 0.3 is 0 Å². The first-order valence-corrected chi connectivity index (χ1v) is 7.00. The summed E-state index contributed by atoms with van der Waals surface area (Å²) in [5.74, 6) is -0.104. The van der Waals surface area contributed by atoms with Crippen LogP contribution in [0.2, 0.25) is 5.28 Å². The van der Waals surface area contributed by atoms with Gasteiger partial charge in [0.15, 0.2) is 0 Å². The van der Waals surface area contributed by atoms with E-state index < -0.39 is 0 Å². The number of hydrogen-bond acceptors (Lipinski definition) is 5. The highest BCUT2D eigenvalue weighted by molar-refractivity contribution is 7.99. The van der Waals surface area contributed by atoms with E-state index in [1.165, 1.54) is 18.7 Å². The zero-order chi connectivity index (χ0) is 14.7. The summed E-state index contributed by atoms with van der Waals surface area (Å²) in [4.78, 5) is 20.0. The Morgan fingerprint density at radius 1 is 1.30 bits per heavy atom. The molecule has 0 aliphatic heterocycles. The van der Waals surface area contributed by atoms with Crippen LogP contribution in [0.5, 0.6) is 0 Å². The highest BCUT2D eigenvalue weighted by Gasteiger charge is 2.09. The number of nitrogens with two attached hydrogens (primary N) is 1. The van der Waals surface area contributed by atoms with Crippen LogP contribution in [-0.2, 0) is 4.79 Å². The molecule has 0 radical (unpaired) electrons. The van der Waals surface area contributed by atoms with Gasteiger partial charge in [-0.05, 0) is 42.8 Å². The molecule has 2 aromatic rings. The van der Waals surface area contributed by atoms with E-state index in [9.17, 15) is 4.79 Å². The van der Waals surface area contributed by atoms with Crippen molar-refractivity contribution in [3.63, 3.8) is 0 Å². The van der Waals surface area contributed by atoms with Gasteiger partial charge in [-0.15, -0.1) is 0 Å². The summed E-state index contributed by atoms with van der Waals surface area (Å²) >= 11 is 7.23. The fourth-order valence-corrected chi connectivity index (χ4v) is 2.67. The summed E-state index contributed by atoms with van der Waals surface area (Å²) in [6, 6.07) is 7.38. The van der Waals surface area contributed by atoms with Crippen LogP contribution in [0.1, 0.15) is 12.6 Å². The number of hydrogen-bond donors (Lipinski definition) is 2. The smallest absolute Gasteiger partial charge is 0.223 e. The Kier molecular flexibility index (Phi) is 4.46. The number of carbonyl (C=O) groups excluding carboxylic acids is 1. The summed E-state index contributed by atoms with van der Waals surface area (Å²) in [6.07, 6.45) is 0. The Balaban J connectivity index is 2.20. The minimum absolute atomic E-state index is 0.104. The minimum Gasteiger partial charge on any atom is -0.395 e. The quantitative estimate of drug-likeness (QED) is 0.672. The van der Waals surface area contributed by atoms with Crippen LogP contribution < -0.4 is 11.1 Å². The molecular weight excluding hydrogens is 296 g/mol. The van der Waals surface area contributed by atoms with Crippen LogP contribution in [0.4, 0.5) is 11.4 Å². The number of amides is 1. The number of rotatable bonds is 3. The van der Waals surface area contributed by atoms with Gasteiger partial charge in [0.25, 0.3) is 0 Å². The second kappa shape index (κ2) is 6.11. The van der Waals surface area contributed by atoms with Crippen LogP contribution in [0, 0.1) is 6.92 Å². The van der Waals surface area contributed by atoms with Gasteiger partial charge in [-0.2, -0.15) is 0 Å². The summed E-state index contributed by atoms with van der Waals surface area (Å²) in [5.41, 5.74) is 7.85. The van der Waals surface area contributed by atoms with E-state index in [0.717, 1.165) is 10.6 Å². The number of nitrogens with one attached hydrogen (secondary N) is 1. The molecule has 3 N–H and O–H groups in total. The maximum atomic E-state index is 10.9. The van der Waals surface area contributed by atoms with Gasteiger partial charge in [0, 0.05) is 17.5 Å². The Hall–Kier alpha value is -1.79. The van der Waals surface area contributed by atoms with Gasteiger partial charge in [-0.1, -0.05) is 11.8 Å². The Labute approximate surface area is 126 Å². The Morgan fingerprint density at radius 3 is 2.55 bits per heavy atom. The van der Waals surface area contributed by atoms with Crippen LogP contribution in [-0.4, -0.2) is 15.9 Å². The monoisotopic (exact) mass is 308 g/mol. The fraction of sp³-hybridized carbons (Fsp3) is 0.154. The molecule has 1 aromatic carbocycles. The molecule has 2 rings (SSSR count). The molecule has 0 aliphatic carbocycles. The number of nitrogen functional groups attached to an aromatic ring is 1. The summed E-state index contributed by atoms with van der Waals surface area (Å²) in [5, 5.41) is 3.50. The van der Waals surface area contributed by atoms with Crippen LogP contribution in [0.25, 0.3) is 0 Å². The van der Waals surface area contributed by atoms with Crippen molar-refractivity contribution in [3.8, 4) is 0 Å². The molecule has 104 valence electrons. The average Bonchev–Trinajstić information content (AvgIpc) is 2.37. The molecule has 20 heavy (non-hydrogen) atoms. The van der Waals surface area contributed by atoms with E-state index in [1.807, 2.05) is 24.3 Å². The number of halogens is 1. The number of aryl methyl sites for hydroxylation is 1. The molecule has 0 saturated heterocycles. The SMILES string of the molecule is CC(=O)Nc1ccc(Sc2nc(Cl)nc(C)c2N)cc1. The molecule has 0 unspecified atom stereocenters. The fourth-order valence-electron chi connectivity index (χ4n) is 1.52. The second-order valence-corrected chi connectivity index (χ2v) is 5.50.